The molecule has 0 aliphatic heterocycles. The van der Waals surface area contributed by atoms with Gasteiger partial charge < -0.3 is 0 Å². The van der Waals surface area contributed by atoms with Gasteiger partial charge in [0, 0.05) is 12.3 Å². The second-order valence-corrected chi connectivity index (χ2v) is 6.20. The first-order chi connectivity index (χ1) is 6.12. The van der Waals surface area contributed by atoms with Gasteiger partial charge in [-0.25, -0.2) is 0 Å². The van der Waals surface area contributed by atoms with Gasteiger partial charge >= 0.3 is 0 Å². The lowest BCUT2D eigenvalue weighted by Gasteiger charge is -2.07. The molecule has 0 rings (SSSR count). The van der Waals surface area contributed by atoms with Crippen molar-refractivity contribution in [3.63, 3.8) is 0 Å². The molecule has 0 spiro atoms. The minimum Gasteiger partial charge on any atom is -0.290 e. The second kappa shape index (κ2) is 7.58. The molecule has 0 saturated carbocycles. The zero-order chi connectivity index (χ0) is 10.2. The molecule has 0 aromatic heterocycles. The quantitative estimate of drug-likeness (QED) is 0.434. The molecule has 3 heteroatoms. The third kappa shape index (κ3) is 8.52. The van der Waals surface area contributed by atoms with Crippen LogP contribution >= 0.6 is 7.37 Å². The van der Waals surface area contributed by atoms with Crippen molar-refractivity contribution >= 4 is 7.37 Å². The van der Waals surface area contributed by atoms with Crippen LogP contribution in [0.4, 0.5) is 0 Å². The largest absolute Gasteiger partial charge is 0.290 e. The van der Waals surface area contributed by atoms with Crippen molar-refractivity contribution in [1.29, 1.82) is 0 Å². The van der Waals surface area contributed by atoms with Crippen LogP contribution in [-0.2, 0) is 9.46 Å². The van der Waals surface area contributed by atoms with Crippen molar-refractivity contribution in [2.45, 2.75) is 52.4 Å². The molecule has 0 N–H and O–H groups in total. The van der Waals surface area contributed by atoms with E-state index in [-0.39, 0.29) is 0 Å². The Morgan fingerprint density at radius 3 is 1.54 bits per heavy atom. The van der Waals surface area contributed by atoms with Crippen molar-refractivity contribution in [2.24, 2.45) is 0 Å². The number of rotatable bonds is 8. The van der Waals surface area contributed by atoms with E-state index >= 15 is 0 Å². The zero-order valence-electron chi connectivity index (χ0n) is 8.92. The highest BCUT2D eigenvalue weighted by molar-refractivity contribution is 7.57. The van der Waals surface area contributed by atoms with Gasteiger partial charge in [0.1, 0.15) is 0 Å². The fourth-order valence-corrected chi connectivity index (χ4v) is 2.95. The Morgan fingerprint density at radius 1 is 0.846 bits per heavy atom. The summed E-state index contributed by atoms with van der Waals surface area (Å²) >= 11 is 0. The molecule has 0 saturated heterocycles. The Labute approximate surface area is 82.2 Å². The van der Waals surface area contributed by atoms with E-state index < -0.39 is 7.37 Å². The minimum absolute atomic E-state index is 0.421. The van der Waals surface area contributed by atoms with Crippen LogP contribution in [0.15, 0.2) is 0 Å². The molecule has 0 unspecified atom stereocenters. The monoisotopic (exact) mass is 205 g/mol. The molecule has 79 valence electrons. The van der Waals surface area contributed by atoms with Gasteiger partial charge in [-0.2, -0.15) is 4.89 Å². The minimum atomic E-state index is -3.00. The topological polar surface area (TPSA) is 37.0 Å². The van der Waals surface area contributed by atoms with Crippen molar-refractivity contribution in [3.05, 3.63) is 0 Å². The molecule has 0 amide bonds. The highest BCUT2D eigenvalue weighted by Gasteiger charge is 2.18. The standard InChI is InChI=1S/C10H22O2P/c1-3-5-7-9-13(11,12)10-8-6-4-2/h3-10H2,1-2H3. The van der Waals surface area contributed by atoms with E-state index in [1.165, 1.54) is 0 Å². The molecule has 0 aromatic carbocycles. The van der Waals surface area contributed by atoms with Gasteiger partial charge in [-0.05, 0) is 12.8 Å². The number of hydrogen-bond donors (Lipinski definition) is 0. The summed E-state index contributed by atoms with van der Waals surface area (Å²) in [6.07, 6.45) is 6.81. The molecule has 0 fully saturated rings. The van der Waals surface area contributed by atoms with Crippen LogP contribution < -0.4 is 0 Å². The van der Waals surface area contributed by atoms with Crippen LogP contribution in [-0.4, -0.2) is 12.3 Å². The first kappa shape index (κ1) is 13.2. The van der Waals surface area contributed by atoms with E-state index in [1.54, 1.807) is 0 Å². The Balaban J connectivity index is 3.49. The predicted molar refractivity (Wildman–Crippen MR) is 57.1 cm³/mol. The maximum Gasteiger partial charge on any atom is 0.236 e. The third-order valence-electron chi connectivity index (χ3n) is 2.20. The number of unbranched alkanes of at least 4 members (excludes halogenated alkanes) is 4. The third-order valence-corrected chi connectivity index (χ3v) is 4.20. The summed E-state index contributed by atoms with van der Waals surface area (Å²) in [6, 6.07) is 0. The Hall–Kier alpha value is 0.190. The molecule has 2 nitrogen and oxygen atoms in total. The predicted octanol–water partition coefficient (Wildman–Crippen LogP) is 4.08. The lowest BCUT2D eigenvalue weighted by molar-refractivity contribution is 0.405. The first-order valence-electron chi connectivity index (χ1n) is 5.41. The molecule has 13 heavy (non-hydrogen) atoms. The van der Waals surface area contributed by atoms with E-state index in [9.17, 15) is 9.46 Å². The molecule has 0 bridgehead atoms. The molecule has 0 aliphatic rings. The van der Waals surface area contributed by atoms with Crippen molar-refractivity contribution in [1.82, 2.24) is 0 Å². The van der Waals surface area contributed by atoms with Crippen LogP contribution in [0.25, 0.3) is 0 Å². The summed E-state index contributed by atoms with van der Waals surface area (Å²) in [5, 5.41) is 0. The van der Waals surface area contributed by atoms with E-state index in [0.29, 0.717) is 12.3 Å². The molecule has 0 heterocycles. The highest BCUT2D eigenvalue weighted by atomic mass is 31.2. The lowest BCUT2D eigenvalue weighted by Crippen LogP contribution is -1.93. The zero-order valence-corrected chi connectivity index (χ0v) is 9.81. The lowest BCUT2D eigenvalue weighted by atomic mass is 10.3. The number of hydrogen-bond acceptors (Lipinski definition) is 1. The Kier molecular flexibility index (Phi) is 7.69. The van der Waals surface area contributed by atoms with Crippen LogP contribution in [0.1, 0.15) is 52.4 Å². The van der Waals surface area contributed by atoms with Crippen LogP contribution in [0.3, 0.4) is 0 Å². The first-order valence-corrected chi connectivity index (χ1v) is 7.41. The van der Waals surface area contributed by atoms with Gasteiger partial charge in [-0.1, -0.05) is 39.5 Å². The molecular formula is C10H22O2P. The normalized spacial score (nSPS) is 11.9. The van der Waals surface area contributed by atoms with Gasteiger partial charge in [-0.15, -0.1) is 0 Å². The summed E-state index contributed by atoms with van der Waals surface area (Å²) in [5.41, 5.74) is 0. The Bertz CT molecular complexity index is 143. The molecule has 0 atom stereocenters. The summed E-state index contributed by atoms with van der Waals surface area (Å²) in [5.74, 6) is 0. The highest BCUT2D eigenvalue weighted by Crippen LogP contribution is 2.43. The average molecular weight is 205 g/mol. The average Bonchev–Trinajstić information content (AvgIpc) is 2.05. The van der Waals surface area contributed by atoms with Gasteiger partial charge in [0.2, 0.25) is 7.37 Å². The van der Waals surface area contributed by atoms with Gasteiger partial charge in [0.15, 0.2) is 0 Å². The van der Waals surface area contributed by atoms with Crippen LogP contribution in [0.2, 0.25) is 0 Å². The summed E-state index contributed by atoms with van der Waals surface area (Å²) < 4.78 is 11.4. The van der Waals surface area contributed by atoms with Crippen molar-refractivity contribution in [2.75, 3.05) is 12.3 Å². The maximum absolute atomic E-state index is 11.4. The van der Waals surface area contributed by atoms with Gasteiger partial charge in [-0.3, -0.25) is 4.57 Å². The van der Waals surface area contributed by atoms with Gasteiger partial charge in [0.05, 0.1) is 0 Å². The van der Waals surface area contributed by atoms with Gasteiger partial charge in [0.25, 0.3) is 0 Å². The molecule has 0 aromatic rings. The van der Waals surface area contributed by atoms with Crippen molar-refractivity contribution in [3.8, 4) is 0 Å². The smallest absolute Gasteiger partial charge is 0.236 e. The molecule has 0 aliphatic carbocycles. The van der Waals surface area contributed by atoms with E-state index in [4.69, 9.17) is 0 Å². The Morgan fingerprint density at radius 2 is 1.23 bits per heavy atom. The SMILES string of the molecule is CCCCCP([O])(=O)CCCCC. The fraction of sp³-hybridized carbons (Fsp3) is 1.00. The van der Waals surface area contributed by atoms with E-state index in [1.807, 2.05) is 0 Å². The fourth-order valence-electron chi connectivity index (χ4n) is 1.32. The van der Waals surface area contributed by atoms with E-state index in [0.717, 1.165) is 38.5 Å². The summed E-state index contributed by atoms with van der Waals surface area (Å²) in [6.45, 7) is 4.18. The van der Waals surface area contributed by atoms with E-state index in [2.05, 4.69) is 13.8 Å². The maximum atomic E-state index is 11.4. The summed E-state index contributed by atoms with van der Waals surface area (Å²) in [4.78, 5) is 11.4. The second-order valence-electron chi connectivity index (χ2n) is 3.68. The summed E-state index contributed by atoms with van der Waals surface area (Å²) in [7, 11) is -3.00. The van der Waals surface area contributed by atoms with Crippen LogP contribution in [0.5, 0.6) is 0 Å². The van der Waals surface area contributed by atoms with Crippen LogP contribution in [0, 0.1) is 0 Å². The molecular weight excluding hydrogens is 183 g/mol. The van der Waals surface area contributed by atoms with Crippen molar-refractivity contribution < 1.29 is 9.46 Å². The molecule has 1 radical (unpaired) electrons.